The third-order valence-electron chi connectivity index (χ3n) is 2.70. The Morgan fingerprint density at radius 3 is 2.71 bits per heavy atom. The van der Waals surface area contributed by atoms with Gasteiger partial charge in [0.2, 0.25) is 5.91 Å². The van der Waals surface area contributed by atoms with Gasteiger partial charge in [-0.05, 0) is 12.3 Å². The van der Waals surface area contributed by atoms with E-state index in [9.17, 15) is 4.79 Å². The minimum atomic E-state index is -0.435. The summed E-state index contributed by atoms with van der Waals surface area (Å²) in [5, 5.41) is 0. The summed E-state index contributed by atoms with van der Waals surface area (Å²) >= 11 is 0. The number of rotatable bonds is 6. The van der Waals surface area contributed by atoms with Gasteiger partial charge in [0.25, 0.3) is 0 Å². The van der Waals surface area contributed by atoms with Crippen LogP contribution in [0.4, 0.5) is 0 Å². The van der Waals surface area contributed by atoms with Crippen LogP contribution in [0.5, 0.6) is 0 Å². The molecule has 0 bridgehead atoms. The van der Waals surface area contributed by atoms with Gasteiger partial charge < -0.3 is 5.73 Å². The zero-order valence-electron chi connectivity index (χ0n) is 8.63. The maximum atomic E-state index is 10.3. The van der Waals surface area contributed by atoms with Gasteiger partial charge in [-0.1, -0.05) is 32.1 Å². The molecule has 14 heavy (non-hydrogen) atoms. The SMILES string of the molecule is NC(=O)CONCCC1CCCCC1. The van der Waals surface area contributed by atoms with E-state index in [1.54, 1.807) is 0 Å². The van der Waals surface area contributed by atoms with Crippen molar-refractivity contribution in [1.82, 2.24) is 5.48 Å². The van der Waals surface area contributed by atoms with Gasteiger partial charge in [0, 0.05) is 6.54 Å². The Balaban J connectivity index is 1.90. The average molecular weight is 200 g/mol. The Bertz CT molecular complexity index is 168. The molecule has 0 saturated heterocycles. The molecule has 1 aliphatic carbocycles. The second-order valence-corrected chi connectivity index (χ2v) is 3.94. The van der Waals surface area contributed by atoms with Crippen LogP contribution in [0.15, 0.2) is 0 Å². The monoisotopic (exact) mass is 200 g/mol. The average Bonchev–Trinajstić information content (AvgIpc) is 2.18. The molecule has 1 aliphatic rings. The molecule has 3 N–H and O–H groups in total. The molecule has 1 saturated carbocycles. The summed E-state index contributed by atoms with van der Waals surface area (Å²) in [6.45, 7) is 0.780. The second kappa shape index (κ2) is 6.79. The molecule has 0 aliphatic heterocycles. The summed E-state index contributed by atoms with van der Waals surface area (Å²) in [4.78, 5) is 15.2. The quantitative estimate of drug-likeness (QED) is 0.496. The van der Waals surface area contributed by atoms with Gasteiger partial charge >= 0.3 is 0 Å². The summed E-state index contributed by atoms with van der Waals surface area (Å²) < 4.78 is 0. The third kappa shape index (κ3) is 5.19. The van der Waals surface area contributed by atoms with Gasteiger partial charge in [0.1, 0.15) is 6.61 Å². The van der Waals surface area contributed by atoms with Crippen LogP contribution in [0.25, 0.3) is 0 Å². The van der Waals surface area contributed by atoms with Gasteiger partial charge in [-0.3, -0.25) is 9.63 Å². The maximum absolute atomic E-state index is 10.3. The first-order valence-electron chi connectivity index (χ1n) is 5.42. The van der Waals surface area contributed by atoms with Crippen molar-refractivity contribution in [3.05, 3.63) is 0 Å². The molecule has 0 atom stereocenters. The Labute approximate surface area is 85.1 Å². The number of hydroxylamine groups is 1. The van der Waals surface area contributed by atoms with Crippen LogP contribution in [0, 0.1) is 5.92 Å². The van der Waals surface area contributed by atoms with Crippen LogP contribution in [0.3, 0.4) is 0 Å². The standard InChI is InChI=1S/C10H20N2O2/c11-10(13)8-14-12-7-6-9-4-2-1-3-5-9/h9,12H,1-8H2,(H2,11,13). The number of nitrogens with one attached hydrogen (secondary N) is 1. The van der Waals surface area contributed by atoms with Crippen molar-refractivity contribution in [3.63, 3.8) is 0 Å². The Kier molecular flexibility index (Phi) is 5.56. The van der Waals surface area contributed by atoms with Crippen LogP contribution in [-0.2, 0) is 9.63 Å². The molecule has 0 radical (unpaired) electrons. The van der Waals surface area contributed by atoms with Crippen LogP contribution >= 0.6 is 0 Å². The first-order chi connectivity index (χ1) is 6.79. The van der Waals surface area contributed by atoms with Crippen LogP contribution in [-0.4, -0.2) is 19.1 Å². The smallest absolute Gasteiger partial charge is 0.245 e. The number of carbonyl (C=O) groups is 1. The summed E-state index contributed by atoms with van der Waals surface area (Å²) in [7, 11) is 0. The first kappa shape index (κ1) is 11.5. The van der Waals surface area contributed by atoms with Gasteiger partial charge in [-0.15, -0.1) is 0 Å². The van der Waals surface area contributed by atoms with E-state index in [2.05, 4.69) is 5.48 Å². The van der Waals surface area contributed by atoms with Gasteiger partial charge in [0.05, 0.1) is 0 Å². The van der Waals surface area contributed by atoms with E-state index in [0.29, 0.717) is 0 Å². The number of amides is 1. The molecule has 4 nitrogen and oxygen atoms in total. The number of hydrogen-bond acceptors (Lipinski definition) is 3. The van der Waals surface area contributed by atoms with Crippen molar-refractivity contribution in [1.29, 1.82) is 0 Å². The van der Waals surface area contributed by atoms with E-state index < -0.39 is 5.91 Å². The lowest BCUT2D eigenvalue weighted by molar-refractivity contribution is -0.125. The predicted molar refractivity (Wildman–Crippen MR) is 54.3 cm³/mol. The molecule has 0 aromatic heterocycles. The number of hydrogen-bond donors (Lipinski definition) is 2. The lowest BCUT2D eigenvalue weighted by atomic mass is 9.87. The van der Waals surface area contributed by atoms with Crippen molar-refractivity contribution >= 4 is 5.91 Å². The Morgan fingerprint density at radius 1 is 1.36 bits per heavy atom. The van der Waals surface area contributed by atoms with E-state index in [4.69, 9.17) is 10.6 Å². The highest BCUT2D eigenvalue weighted by molar-refractivity contribution is 5.74. The highest BCUT2D eigenvalue weighted by atomic mass is 16.6. The molecule has 0 heterocycles. The van der Waals surface area contributed by atoms with E-state index in [1.807, 2.05) is 0 Å². The summed E-state index contributed by atoms with van der Waals surface area (Å²) in [6, 6.07) is 0. The first-order valence-corrected chi connectivity index (χ1v) is 5.42. The molecule has 4 heteroatoms. The van der Waals surface area contributed by atoms with Crippen molar-refractivity contribution in [2.24, 2.45) is 11.7 Å². The highest BCUT2D eigenvalue weighted by Gasteiger charge is 2.12. The van der Waals surface area contributed by atoms with E-state index >= 15 is 0 Å². The predicted octanol–water partition coefficient (Wildman–Crippen LogP) is 0.963. The van der Waals surface area contributed by atoms with Crippen molar-refractivity contribution in [3.8, 4) is 0 Å². The molecule has 0 aromatic carbocycles. The minimum Gasteiger partial charge on any atom is -0.368 e. The van der Waals surface area contributed by atoms with Crippen molar-refractivity contribution in [2.45, 2.75) is 38.5 Å². The third-order valence-corrected chi connectivity index (χ3v) is 2.70. The van der Waals surface area contributed by atoms with Crippen LogP contribution in [0.2, 0.25) is 0 Å². The number of primary amides is 1. The van der Waals surface area contributed by atoms with E-state index in [1.165, 1.54) is 32.1 Å². The van der Waals surface area contributed by atoms with E-state index in [-0.39, 0.29) is 6.61 Å². The zero-order chi connectivity index (χ0) is 10.2. The molecule has 0 spiro atoms. The summed E-state index contributed by atoms with van der Waals surface area (Å²) in [5.74, 6) is 0.406. The Hall–Kier alpha value is -0.610. The van der Waals surface area contributed by atoms with E-state index in [0.717, 1.165) is 18.9 Å². The molecule has 1 rings (SSSR count). The topological polar surface area (TPSA) is 64.4 Å². The fourth-order valence-corrected chi connectivity index (χ4v) is 1.93. The molecular weight excluding hydrogens is 180 g/mol. The normalized spacial score (nSPS) is 18.3. The summed E-state index contributed by atoms with van der Waals surface area (Å²) in [5.41, 5.74) is 7.68. The summed E-state index contributed by atoms with van der Waals surface area (Å²) in [6.07, 6.45) is 7.95. The molecular formula is C10H20N2O2. The van der Waals surface area contributed by atoms with Gasteiger partial charge in [0.15, 0.2) is 0 Å². The molecule has 1 fully saturated rings. The van der Waals surface area contributed by atoms with Gasteiger partial charge in [-0.2, -0.15) is 0 Å². The molecule has 0 aromatic rings. The second-order valence-electron chi connectivity index (χ2n) is 3.94. The fraction of sp³-hybridized carbons (Fsp3) is 0.900. The number of carbonyl (C=O) groups excluding carboxylic acids is 1. The minimum absolute atomic E-state index is 0.0370. The van der Waals surface area contributed by atoms with Crippen molar-refractivity contribution in [2.75, 3.05) is 13.2 Å². The highest BCUT2D eigenvalue weighted by Crippen LogP contribution is 2.25. The lowest BCUT2D eigenvalue weighted by Crippen LogP contribution is -2.26. The van der Waals surface area contributed by atoms with Crippen molar-refractivity contribution < 1.29 is 9.63 Å². The maximum Gasteiger partial charge on any atom is 0.245 e. The van der Waals surface area contributed by atoms with Gasteiger partial charge in [-0.25, -0.2) is 5.48 Å². The molecule has 82 valence electrons. The Morgan fingerprint density at radius 2 is 2.07 bits per heavy atom. The van der Waals surface area contributed by atoms with Crippen LogP contribution in [0.1, 0.15) is 38.5 Å². The molecule has 1 amide bonds. The lowest BCUT2D eigenvalue weighted by Gasteiger charge is -2.21. The fourth-order valence-electron chi connectivity index (χ4n) is 1.93. The zero-order valence-corrected chi connectivity index (χ0v) is 8.63. The number of nitrogens with two attached hydrogens (primary N) is 1. The molecule has 0 unspecified atom stereocenters. The van der Waals surface area contributed by atoms with Crippen LogP contribution < -0.4 is 11.2 Å². The largest absolute Gasteiger partial charge is 0.368 e.